The first-order valence-corrected chi connectivity index (χ1v) is 11.6. The van der Waals surface area contributed by atoms with Crippen LogP contribution in [-0.4, -0.2) is 56.9 Å². The number of carbonyl (C=O) groups excluding carboxylic acids is 1. The molecule has 2 aromatic rings. The van der Waals surface area contributed by atoms with Gasteiger partial charge in [-0.05, 0) is 48.2 Å². The van der Waals surface area contributed by atoms with Gasteiger partial charge in [-0.15, -0.1) is 0 Å². The summed E-state index contributed by atoms with van der Waals surface area (Å²) in [6, 6.07) is 14.5. The van der Waals surface area contributed by atoms with Crippen LogP contribution in [0.2, 0.25) is 0 Å². The number of nitrogens with zero attached hydrogens (tertiary/aromatic N) is 1. The topological polar surface area (TPSA) is 50.8 Å². The van der Waals surface area contributed by atoms with Crippen molar-refractivity contribution in [1.29, 1.82) is 0 Å². The molecule has 1 unspecified atom stereocenters. The number of hydrogen-bond donors (Lipinski definition) is 1. The summed E-state index contributed by atoms with van der Waals surface area (Å²) >= 11 is 3.48. The molecule has 1 atom stereocenters. The Balaban J connectivity index is 1.55. The van der Waals surface area contributed by atoms with Gasteiger partial charge < -0.3 is 14.8 Å². The van der Waals surface area contributed by atoms with E-state index in [0.29, 0.717) is 45.8 Å². The van der Waals surface area contributed by atoms with E-state index >= 15 is 0 Å². The minimum atomic E-state index is -0.615. The molecule has 2 saturated heterocycles. The van der Waals surface area contributed by atoms with E-state index in [1.54, 1.807) is 12.1 Å². The number of benzene rings is 2. The number of halogens is 2. The third-order valence-electron chi connectivity index (χ3n) is 6.35. The first kappa shape index (κ1) is 22.4. The third-order valence-corrected chi connectivity index (χ3v) is 6.88. The second-order valence-corrected chi connectivity index (χ2v) is 9.05. The molecule has 0 bridgehead atoms. The molecular formula is C24H28BrFN2O3. The highest BCUT2D eigenvalue weighted by Crippen LogP contribution is 2.36. The fraction of sp³-hybridized carbons (Fsp3) is 0.458. The van der Waals surface area contributed by atoms with Gasteiger partial charge in [-0.2, -0.15) is 0 Å². The summed E-state index contributed by atoms with van der Waals surface area (Å²) in [5.41, 5.74) is 1.26. The van der Waals surface area contributed by atoms with Crippen LogP contribution in [0.3, 0.4) is 0 Å². The van der Waals surface area contributed by atoms with Crippen LogP contribution in [0.15, 0.2) is 53.0 Å². The Hall–Kier alpha value is -1.80. The van der Waals surface area contributed by atoms with Crippen molar-refractivity contribution in [2.24, 2.45) is 0 Å². The number of amides is 1. The van der Waals surface area contributed by atoms with Gasteiger partial charge in [0.1, 0.15) is 5.82 Å². The van der Waals surface area contributed by atoms with Gasteiger partial charge in [0.15, 0.2) is 0 Å². The lowest BCUT2D eigenvalue weighted by atomic mass is 9.73. The van der Waals surface area contributed by atoms with E-state index in [0.717, 1.165) is 28.7 Å². The second-order valence-electron chi connectivity index (χ2n) is 8.13. The van der Waals surface area contributed by atoms with Gasteiger partial charge in [0.25, 0.3) is 0 Å². The number of rotatable bonds is 6. The van der Waals surface area contributed by atoms with E-state index in [2.05, 4.69) is 26.1 Å². The van der Waals surface area contributed by atoms with Crippen LogP contribution in [0.25, 0.3) is 0 Å². The molecule has 2 heterocycles. The molecule has 1 N–H and O–H groups in total. The Labute approximate surface area is 191 Å². The van der Waals surface area contributed by atoms with Crippen molar-refractivity contribution < 1.29 is 18.7 Å². The first-order valence-electron chi connectivity index (χ1n) is 10.8. The Bertz CT molecular complexity index is 881. The minimum absolute atomic E-state index is 0.00721. The molecule has 0 spiro atoms. The SMILES string of the molecule is O=C(NCC(c1cccc(F)c1)N1CCOCC1)C1(c2ccc(Br)cc2)CCOCC1. The molecule has 166 valence electrons. The van der Waals surface area contributed by atoms with Crippen LogP contribution < -0.4 is 5.32 Å². The van der Waals surface area contributed by atoms with E-state index in [-0.39, 0.29) is 17.8 Å². The molecule has 5 nitrogen and oxygen atoms in total. The van der Waals surface area contributed by atoms with Crippen LogP contribution in [0.4, 0.5) is 4.39 Å². The van der Waals surface area contributed by atoms with Crippen LogP contribution in [0.1, 0.15) is 30.0 Å². The maximum absolute atomic E-state index is 14.0. The van der Waals surface area contributed by atoms with Crippen molar-refractivity contribution in [3.8, 4) is 0 Å². The maximum Gasteiger partial charge on any atom is 0.230 e. The van der Waals surface area contributed by atoms with E-state index < -0.39 is 5.41 Å². The second kappa shape index (κ2) is 10.2. The van der Waals surface area contributed by atoms with Crippen molar-refractivity contribution in [2.45, 2.75) is 24.3 Å². The first-order chi connectivity index (χ1) is 15.1. The monoisotopic (exact) mass is 490 g/mol. The predicted molar refractivity (Wildman–Crippen MR) is 120 cm³/mol. The normalized spacial score (nSPS) is 20.2. The lowest BCUT2D eigenvalue weighted by molar-refractivity contribution is -0.130. The van der Waals surface area contributed by atoms with Crippen molar-refractivity contribution >= 4 is 21.8 Å². The summed E-state index contributed by atoms with van der Waals surface area (Å²) in [5.74, 6) is -0.259. The van der Waals surface area contributed by atoms with Gasteiger partial charge in [0.2, 0.25) is 5.91 Å². The summed E-state index contributed by atoms with van der Waals surface area (Å²) in [7, 11) is 0. The van der Waals surface area contributed by atoms with E-state index in [4.69, 9.17) is 9.47 Å². The standard InChI is InChI=1S/C24H28BrFN2O3/c25-20-6-4-19(5-7-20)24(8-12-30-13-9-24)23(29)27-17-22(28-10-14-31-15-11-28)18-2-1-3-21(26)16-18/h1-7,16,22H,8-15,17H2,(H,27,29). The van der Waals surface area contributed by atoms with Crippen molar-refractivity contribution in [1.82, 2.24) is 10.2 Å². The summed E-state index contributed by atoms with van der Waals surface area (Å²) in [6.45, 7) is 4.31. The Kier molecular flexibility index (Phi) is 7.38. The van der Waals surface area contributed by atoms with Crippen LogP contribution in [0.5, 0.6) is 0 Å². The molecule has 2 aliphatic heterocycles. The van der Waals surface area contributed by atoms with Gasteiger partial charge in [-0.3, -0.25) is 9.69 Å². The van der Waals surface area contributed by atoms with E-state index in [1.807, 2.05) is 30.3 Å². The van der Waals surface area contributed by atoms with E-state index in [1.165, 1.54) is 6.07 Å². The molecule has 0 saturated carbocycles. The predicted octanol–water partition coefficient (Wildman–Crippen LogP) is 3.83. The largest absolute Gasteiger partial charge is 0.381 e. The summed E-state index contributed by atoms with van der Waals surface area (Å²) in [4.78, 5) is 15.9. The molecule has 4 rings (SSSR count). The summed E-state index contributed by atoms with van der Waals surface area (Å²) in [5, 5.41) is 3.21. The highest BCUT2D eigenvalue weighted by Gasteiger charge is 2.42. The number of morpholine rings is 1. The van der Waals surface area contributed by atoms with Crippen LogP contribution >= 0.6 is 15.9 Å². The zero-order chi connectivity index (χ0) is 21.7. The Morgan fingerprint density at radius 3 is 2.42 bits per heavy atom. The Morgan fingerprint density at radius 1 is 1.06 bits per heavy atom. The number of nitrogens with one attached hydrogen (secondary N) is 1. The number of carbonyl (C=O) groups is 1. The fourth-order valence-corrected chi connectivity index (χ4v) is 4.82. The van der Waals surface area contributed by atoms with Gasteiger partial charge in [0, 0.05) is 37.3 Å². The molecular weight excluding hydrogens is 463 g/mol. The van der Waals surface area contributed by atoms with Crippen molar-refractivity contribution in [2.75, 3.05) is 46.1 Å². The molecule has 0 aromatic heterocycles. The van der Waals surface area contributed by atoms with Crippen LogP contribution in [-0.2, 0) is 19.7 Å². The number of hydrogen-bond acceptors (Lipinski definition) is 4. The zero-order valence-corrected chi connectivity index (χ0v) is 19.1. The van der Waals surface area contributed by atoms with Gasteiger partial charge in [-0.1, -0.05) is 40.2 Å². The Morgan fingerprint density at radius 2 is 1.74 bits per heavy atom. The quantitative estimate of drug-likeness (QED) is 0.668. The van der Waals surface area contributed by atoms with Gasteiger partial charge in [-0.25, -0.2) is 4.39 Å². The van der Waals surface area contributed by atoms with Gasteiger partial charge in [0.05, 0.1) is 24.7 Å². The lowest BCUT2D eigenvalue weighted by Crippen LogP contribution is -2.51. The molecule has 2 fully saturated rings. The highest BCUT2D eigenvalue weighted by atomic mass is 79.9. The fourth-order valence-electron chi connectivity index (χ4n) is 4.55. The molecule has 0 radical (unpaired) electrons. The number of ether oxygens (including phenoxy) is 2. The van der Waals surface area contributed by atoms with Crippen LogP contribution in [0, 0.1) is 5.82 Å². The average molecular weight is 491 g/mol. The van der Waals surface area contributed by atoms with E-state index in [9.17, 15) is 9.18 Å². The van der Waals surface area contributed by atoms with Gasteiger partial charge >= 0.3 is 0 Å². The molecule has 7 heteroatoms. The molecule has 2 aromatic carbocycles. The molecule has 31 heavy (non-hydrogen) atoms. The average Bonchev–Trinajstić information content (AvgIpc) is 2.81. The third kappa shape index (κ3) is 5.17. The zero-order valence-electron chi connectivity index (χ0n) is 17.5. The summed E-state index contributed by atoms with van der Waals surface area (Å²) < 4.78 is 26.0. The smallest absolute Gasteiger partial charge is 0.230 e. The van der Waals surface area contributed by atoms with Crippen molar-refractivity contribution in [3.05, 3.63) is 69.9 Å². The molecule has 2 aliphatic rings. The minimum Gasteiger partial charge on any atom is -0.381 e. The lowest BCUT2D eigenvalue weighted by Gasteiger charge is -2.38. The van der Waals surface area contributed by atoms with Crippen molar-refractivity contribution in [3.63, 3.8) is 0 Å². The molecule has 0 aliphatic carbocycles. The molecule has 1 amide bonds. The summed E-state index contributed by atoms with van der Waals surface area (Å²) in [6.07, 6.45) is 1.28. The maximum atomic E-state index is 14.0. The highest BCUT2D eigenvalue weighted by molar-refractivity contribution is 9.10.